The van der Waals surface area contributed by atoms with Crippen LogP contribution in [0.3, 0.4) is 0 Å². The topological polar surface area (TPSA) is 99.1 Å². The van der Waals surface area contributed by atoms with Crippen molar-refractivity contribution in [2.45, 2.75) is 18.4 Å². The van der Waals surface area contributed by atoms with Gasteiger partial charge in [0.25, 0.3) is 15.9 Å². The van der Waals surface area contributed by atoms with Gasteiger partial charge in [-0.1, -0.05) is 30.3 Å². The molecule has 10 heteroatoms. The van der Waals surface area contributed by atoms with Gasteiger partial charge in [-0.25, -0.2) is 8.42 Å². The first kappa shape index (κ1) is 21.4. The van der Waals surface area contributed by atoms with Crippen molar-refractivity contribution in [3.63, 3.8) is 0 Å². The van der Waals surface area contributed by atoms with Crippen LogP contribution in [0.5, 0.6) is 0 Å². The van der Waals surface area contributed by atoms with Gasteiger partial charge in [0.1, 0.15) is 0 Å². The molecule has 8 nitrogen and oxygen atoms in total. The van der Waals surface area contributed by atoms with Crippen LogP contribution in [0.1, 0.15) is 22.8 Å². The fourth-order valence-electron chi connectivity index (χ4n) is 3.42. The molecular weight excluding hydrogens is 436 g/mol. The van der Waals surface area contributed by atoms with Crippen LogP contribution in [-0.2, 0) is 21.4 Å². The number of nitrogens with one attached hydrogen (secondary N) is 1. The molecule has 0 spiro atoms. The Morgan fingerprint density at radius 1 is 1.19 bits per heavy atom. The highest BCUT2D eigenvalue weighted by atomic mass is 32.2. The lowest BCUT2D eigenvalue weighted by Crippen LogP contribution is -2.39. The summed E-state index contributed by atoms with van der Waals surface area (Å²) in [5.41, 5.74) is 2.28. The van der Waals surface area contributed by atoms with E-state index in [-0.39, 0.29) is 24.1 Å². The number of fused-ring (bicyclic) bond motifs is 3. The second-order valence-corrected chi connectivity index (χ2v) is 9.94. The van der Waals surface area contributed by atoms with Gasteiger partial charge in [-0.2, -0.15) is 0 Å². The largest absolute Gasteiger partial charge is 0.343 e. The maximum Gasteiger partial charge on any atom is 0.257 e. The van der Waals surface area contributed by atoms with Gasteiger partial charge < -0.3 is 15.1 Å². The first-order valence-corrected chi connectivity index (χ1v) is 12.3. The molecule has 0 saturated heterocycles. The number of amides is 2. The first-order valence-electron chi connectivity index (χ1n) is 9.88. The highest BCUT2D eigenvalue weighted by molar-refractivity contribution is 8.15. The molecule has 2 aliphatic heterocycles. The van der Waals surface area contributed by atoms with E-state index >= 15 is 0 Å². The smallest absolute Gasteiger partial charge is 0.257 e. The molecule has 0 fully saturated rings. The molecule has 2 aliphatic rings. The molecular formula is C21H22N4O4S2. The molecule has 1 N–H and O–H groups in total. The van der Waals surface area contributed by atoms with E-state index in [1.54, 1.807) is 23.1 Å². The lowest BCUT2D eigenvalue weighted by atomic mass is 10.2. The minimum Gasteiger partial charge on any atom is -0.343 e. The Morgan fingerprint density at radius 3 is 2.71 bits per heavy atom. The van der Waals surface area contributed by atoms with Crippen LogP contribution in [0, 0.1) is 0 Å². The van der Waals surface area contributed by atoms with Gasteiger partial charge in [-0.3, -0.25) is 9.59 Å². The van der Waals surface area contributed by atoms with Gasteiger partial charge in [0.05, 0.1) is 18.0 Å². The SMILES string of the molecule is CCN(Cc1ccccc1)C(=O)CNC(=O)c1ccc2c(c1)SC1=NS(=O)(=O)CCN12. The Balaban J connectivity index is 1.39. The quantitative estimate of drug-likeness (QED) is 0.712. The second-order valence-electron chi connectivity index (χ2n) is 7.17. The molecule has 0 bridgehead atoms. The number of rotatable bonds is 6. The molecule has 31 heavy (non-hydrogen) atoms. The van der Waals surface area contributed by atoms with E-state index in [4.69, 9.17) is 0 Å². The normalized spacial score (nSPS) is 16.2. The molecule has 162 valence electrons. The number of sulfonamides is 1. The van der Waals surface area contributed by atoms with E-state index in [0.29, 0.717) is 30.4 Å². The van der Waals surface area contributed by atoms with Gasteiger partial charge in [0, 0.05) is 30.1 Å². The van der Waals surface area contributed by atoms with Crippen molar-refractivity contribution in [1.29, 1.82) is 0 Å². The van der Waals surface area contributed by atoms with Gasteiger partial charge in [0.15, 0.2) is 5.17 Å². The molecule has 0 atom stereocenters. The summed E-state index contributed by atoms with van der Waals surface area (Å²) >= 11 is 1.23. The molecule has 2 aromatic carbocycles. The van der Waals surface area contributed by atoms with Crippen molar-refractivity contribution in [1.82, 2.24) is 10.2 Å². The summed E-state index contributed by atoms with van der Waals surface area (Å²) in [6.45, 7) is 3.18. The second kappa shape index (κ2) is 8.72. The Hall–Kier alpha value is -2.85. The lowest BCUT2D eigenvalue weighted by molar-refractivity contribution is -0.130. The van der Waals surface area contributed by atoms with E-state index < -0.39 is 10.0 Å². The number of carbonyl (C=O) groups excluding carboxylic acids is 2. The third-order valence-corrected chi connectivity index (χ3v) is 7.39. The fraction of sp³-hybridized carbons (Fsp3) is 0.286. The van der Waals surface area contributed by atoms with Crippen molar-refractivity contribution in [2.24, 2.45) is 4.40 Å². The van der Waals surface area contributed by atoms with Crippen LogP contribution in [0.2, 0.25) is 0 Å². The van der Waals surface area contributed by atoms with Crippen molar-refractivity contribution in [3.05, 3.63) is 59.7 Å². The van der Waals surface area contributed by atoms with E-state index in [1.807, 2.05) is 42.2 Å². The number of hydrogen-bond donors (Lipinski definition) is 1. The zero-order valence-corrected chi connectivity index (χ0v) is 18.6. The summed E-state index contributed by atoms with van der Waals surface area (Å²) in [4.78, 5) is 29.5. The molecule has 2 heterocycles. The molecule has 2 amide bonds. The van der Waals surface area contributed by atoms with E-state index in [0.717, 1.165) is 16.1 Å². The molecule has 0 unspecified atom stereocenters. The standard InChI is InChI=1S/C21H22N4O4S2/c1-2-24(14-15-6-4-3-5-7-15)19(26)13-22-20(27)16-8-9-17-18(12-16)30-21-23-31(28,29)11-10-25(17)21/h3-9,12H,2,10-11,13-14H2,1H3,(H,22,27). The number of anilines is 1. The third-order valence-electron chi connectivity index (χ3n) is 5.09. The van der Waals surface area contributed by atoms with Crippen LogP contribution in [0.15, 0.2) is 57.8 Å². The molecule has 0 radical (unpaired) electrons. The van der Waals surface area contributed by atoms with E-state index in [2.05, 4.69) is 9.71 Å². The average molecular weight is 459 g/mol. The molecule has 0 saturated carbocycles. The zero-order valence-electron chi connectivity index (χ0n) is 16.9. The van der Waals surface area contributed by atoms with Crippen LogP contribution in [-0.4, -0.2) is 55.7 Å². The number of nitrogens with zero attached hydrogens (tertiary/aromatic N) is 3. The predicted molar refractivity (Wildman–Crippen MR) is 121 cm³/mol. The number of amidine groups is 1. The van der Waals surface area contributed by atoms with Crippen molar-refractivity contribution in [2.75, 3.05) is 30.3 Å². The van der Waals surface area contributed by atoms with Crippen molar-refractivity contribution < 1.29 is 18.0 Å². The lowest BCUT2D eigenvalue weighted by Gasteiger charge is -2.22. The van der Waals surface area contributed by atoms with Crippen LogP contribution < -0.4 is 10.2 Å². The van der Waals surface area contributed by atoms with E-state index in [1.165, 1.54) is 11.8 Å². The van der Waals surface area contributed by atoms with Crippen molar-refractivity contribution in [3.8, 4) is 0 Å². The monoisotopic (exact) mass is 458 g/mol. The van der Waals surface area contributed by atoms with Gasteiger partial charge in [-0.05, 0) is 42.4 Å². The number of benzene rings is 2. The Labute approximate surface area is 185 Å². The summed E-state index contributed by atoms with van der Waals surface area (Å²) in [6.07, 6.45) is 0. The molecule has 0 aliphatic carbocycles. The highest BCUT2D eigenvalue weighted by Crippen LogP contribution is 2.42. The van der Waals surface area contributed by atoms with Gasteiger partial charge in [-0.15, -0.1) is 4.40 Å². The average Bonchev–Trinajstić information content (AvgIpc) is 3.11. The summed E-state index contributed by atoms with van der Waals surface area (Å²) in [5, 5.41) is 3.10. The number of thioether (sulfide) groups is 1. The fourth-order valence-corrected chi connectivity index (χ4v) is 5.72. The third kappa shape index (κ3) is 4.75. The van der Waals surface area contributed by atoms with Gasteiger partial charge in [0.2, 0.25) is 5.91 Å². The number of likely N-dealkylation sites (N-methyl/N-ethyl adjacent to an activating group) is 1. The van der Waals surface area contributed by atoms with Crippen LogP contribution >= 0.6 is 11.8 Å². The van der Waals surface area contributed by atoms with Crippen LogP contribution in [0.4, 0.5) is 5.69 Å². The summed E-state index contributed by atoms with van der Waals surface area (Å²) in [5.74, 6) is -0.545. The number of carbonyl (C=O) groups is 2. The Bertz CT molecular complexity index is 1150. The Kier molecular flexibility index (Phi) is 6.01. The minimum absolute atomic E-state index is 0.0300. The van der Waals surface area contributed by atoms with Crippen molar-refractivity contribution >= 4 is 44.5 Å². The Morgan fingerprint density at radius 2 is 1.97 bits per heavy atom. The van der Waals surface area contributed by atoms with Crippen LogP contribution in [0.25, 0.3) is 0 Å². The minimum atomic E-state index is -3.43. The summed E-state index contributed by atoms with van der Waals surface area (Å²) in [6, 6.07) is 14.9. The highest BCUT2D eigenvalue weighted by Gasteiger charge is 2.33. The van der Waals surface area contributed by atoms with Gasteiger partial charge >= 0.3 is 0 Å². The summed E-state index contributed by atoms with van der Waals surface area (Å²) < 4.78 is 27.3. The zero-order chi connectivity index (χ0) is 22.0. The molecule has 4 rings (SSSR count). The first-order chi connectivity index (χ1) is 14.9. The maximum absolute atomic E-state index is 12.6. The van der Waals surface area contributed by atoms with E-state index in [9.17, 15) is 18.0 Å². The predicted octanol–water partition coefficient (Wildman–Crippen LogP) is 2.08. The molecule has 2 aromatic rings. The summed E-state index contributed by atoms with van der Waals surface area (Å²) in [7, 11) is -3.43. The maximum atomic E-state index is 12.6. The molecule has 0 aromatic heterocycles. The number of hydrogen-bond acceptors (Lipinski definition) is 6.